The topological polar surface area (TPSA) is 94.6 Å². The van der Waals surface area contributed by atoms with Crippen LogP contribution in [0.4, 0.5) is 0 Å². The van der Waals surface area contributed by atoms with Crippen LogP contribution in [0.3, 0.4) is 0 Å². The second-order valence-electron chi connectivity index (χ2n) is 9.22. The molecule has 0 spiro atoms. The van der Waals surface area contributed by atoms with Crippen molar-refractivity contribution in [2.75, 3.05) is 6.61 Å². The molecule has 1 heterocycles. The number of carbonyl (C=O) groups excluding carboxylic acids is 1. The van der Waals surface area contributed by atoms with Crippen molar-refractivity contribution in [3.8, 4) is 5.75 Å². The number of hydrogen-bond donors (Lipinski definition) is 2. The summed E-state index contributed by atoms with van der Waals surface area (Å²) in [4.78, 5) is 24.0. The van der Waals surface area contributed by atoms with E-state index in [1.165, 1.54) is 5.56 Å². The van der Waals surface area contributed by atoms with E-state index in [1.54, 1.807) is 6.07 Å². The largest absolute Gasteiger partial charge is 0.481 e. The molecule has 0 aliphatic heterocycles. The Bertz CT molecular complexity index is 1360. The minimum atomic E-state index is -1.05. The molecule has 0 saturated heterocycles. The minimum absolute atomic E-state index is 0.254. The highest BCUT2D eigenvalue weighted by Crippen LogP contribution is 2.45. The number of fused-ring (bicyclic) bond motifs is 3. The number of amides is 1. The Morgan fingerprint density at radius 1 is 0.943 bits per heavy atom. The number of ether oxygens (including phenoxy) is 1. The Morgan fingerprint density at radius 2 is 1.63 bits per heavy atom. The van der Waals surface area contributed by atoms with Gasteiger partial charge in [0.2, 0.25) is 5.91 Å². The second kappa shape index (κ2) is 9.66. The van der Waals surface area contributed by atoms with Gasteiger partial charge in [-0.25, -0.2) is 4.79 Å². The van der Waals surface area contributed by atoms with E-state index in [2.05, 4.69) is 28.8 Å². The van der Waals surface area contributed by atoms with Crippen LogP contribution in [0, 0.1) is 5.92 Å². The molecule has 6 nitrogen and oxygen atoms in total. The van der Waals surface area contributed by atoms with E-state index in [4.69, 9.17) is 10.5 Å². The fourth-order valence-electron chi connectivity index (χ4n) is 5.42. The summed E-state index contributed by atoms with van der Waals surface area (Å²) in [6.45, 7) is 0.189. The maximum atomic E-state index is 12.8. The Balaban J connectivity index is 1.66. The number of hydrogen-bond acceptors (Lipinski definition) is 3. The van der Waals surface area contributed by atoms with Crippen LogP contribution in [0.2, 0.25) is 0 Å². The molecule has 0 bridgehead atoms. The zero-order valence-electron chi connectivity index (χ0n) is 19.4. The van der Waals surface area contributed by atoms with E-state index in [0.717, 1.165) is 40.6 Å². The van der Waals surface area contributed by atoms with Crippen LogP contribution in [0.15, 0.2) is 78.9 Å². The Hall–Kier alpha value is -4.06. The van der Waals surface area contributed by atoms with Crippen molar-refractivity contribution in [1.29, 1.82) is 0 Å². The number of benzene rings is 3. The molecular formula is C29H28N2O4. The third kappa shape index (κ3) is 4.64. The zero-order chi connectivity index (χ0) is 24.4. The van der Waals surface area contributed by atoms with Crippen molar-refractivity contribution in [3.63, 3.8) is 0 Å². The van der Waals surface area contributed by atoms with Gasteiger partial charge in [0.05, 0.1) is 11.4 Å². The van der Waals surface area contributed by atoms with Crippen molar-refractivity contribution in [2.24, 2.45) is 11.7 Å². The monoisotopic (exact) mass is 468 g/mol. The molecule has 35 heavy (non-hydrogen) atoms. The molecule has 5 rings (SSSR count). The highest BCUT2D eigenvalue weighted by atomic mass is 16.5. The van der Waals surface area contributed by atoms with Crippen molar-refractivity contribution < 1.29 is 19.4 Å². The second-order valence-corrected chi connectivity index (χ2v) is 9.22. The first kappa shape index (κ1) is 22.7. The van der Waals surface area contributed by atoms with E-state index < -0.39 is 18.5 Å². The maximum Gasteiger partial charge on any atom is 0.341 e. The lowest BCUT2D eigenvalue weighted by atomic mass is 9.76. The number of aromatic nitrogens is 1. The van der Waals surface area contributed by atoms with Gasteiger partial charge in [-0.05, 0) is 54.0 Å². The highest BCUT2D eigenvalue weighted by Gasteiger charge is 2.36. The standard InChI is InChI=1S/C29H28N2O4/c30-29(34)22-15-21(14-19-8-3-1-4-9-19)16-24-27(22)28-23(12-7-13-25(28)35-18-26(32)33)31(24)17-20-10-5-2-6-11-20/h1-13,21-22H,14-18H2,(H2,30,34)(H,32,33). The van der Waals surface area contributed by atoms with Gasteiger partial charge in [-0.3, -0.25) is 4.79 Å². The van der Waals surface area contributed by atoms with Crippen LogP contribution in [-0.4, -0.2) is 28.2 Å². The van der Waals surface area contributed by atoms with Gasteiger partial charge in [0.1, 0.15) is 5.75 Å². The molecule has 6 heteroatoms. The van der Waals surface area contributed by atoms with E-state index in [9.17, 15) is 14.7 Å². The van der Waals surface area contributed by atoms with Crippen LogP contribution in [0.25, 0.3) is 10.9 Å². The fourth-order valence-corrected chi connectivity index (χ4v) is 5.42. The summed E-state index contributed by atoms with van der Waals surface area (Å²) in [5.74, 6) is -1.16. The first-order valence-electron chi connectivity index (χ1n) is 11.9. The van der Waals surface area contributed by atoms with Crippen molar-refractivity contribution in [3.05, 3.63) is 101 Å². The predicted octanol–water partition coefficient (Wildman–Crippen LogP) is 4.53. The average molecular weight is 469 g/mol. The van der Waals surface area contributed by atoms with Gasteiger partial charge >= 0.3 is 5.97 Å². The summed E-state index contributed by atoms with van der Waals surface area (Å²) < 4.78 is 7.95. The zero-order valence-corrected chi connectivity index (χ0v) is 19.4. The lowest BCUT2D eigenvalue weighted by Crippen LogP contribution is -2.30. The third-order valence-corrected chi connectivity index (χ3v) is 6.85. The van der Waals surface area contributed by atoms with E-state index in [-0.39, 0.29) is 11.8 Å². The summed E-state index contributed by atoms with van der Waals surface area (Å²) >= 11 is 0. The number of nitrogens with zero attached hydrogens (tertiary/aromatic N) is 1. The van der Waals surface area contributed by atoms with Crippen LogP contribution < -0.4 is 10.5 Å². The maximum absolute atomic E-state index is 12.8. The summed E-state index contributed by atoms with van der Waals surface area (Å²) in [7, 11) is 0. The smallest absolute Gasteiger partial charge is 0.341 e. The van der Waals surface area contributed by atoms with Crippen LogP contribution in [0.5, 0.6) is 5.75 Å². The summed E-state index contributed by atoms with van der Waals surface area (Å²) in [6.07, 6.45) is 2.31. The predicted molar refractivity (Wildman–Crippen MR) is 135 cm³/mol. The van der Waals surface area contributed by atoms with Crippen molar-refractivity contribution in [1.82, 2.24) is 4.57 Å². The molecule has 1 aliphatic carbocycles. The Kier molecular flexibility index (Phi) is 6.27. The molecule has 178 valence electrons. The van der Waals surface area contributed by atoms with Gasteiger partial charge < -0.3 is 20.1 Å². The Labute approximate surface area is 203 Å². The molecule has 2 unspecified atom stereocenters. The van der Waals surface area contributed by atoms with Gasteiger partial charge in [-0.15, -0.1) is 0 Å². The van der Waals surface area contributed by atoms with Gasteiger partial charge in [-0.1, -0.05) is 66.7 Å². The first-order chi connectivity index (χ1) is 17.0. The minimum Gasteiger partial charge on any atom is -0.481 e. The number of carboxylic acid groups (broad SMARTS) is 1. The number of aliphatic carboxylic acids is 1. The van der Waals surface area contributed by atoms with Gasteiger partial charge in [0.25, 0.3) is 0 Å². The summed E-state index contributed by atoms with van der Waals surface area (Å²) in [6, 6.07) is 26.1. The van der Waals surface area contributed by atoms with E-state index in [1.807, 2.05) is 48.5 Å². The molecule has 3 N–H and O–H groups in total. The summed E-state index contributed by atoms with van der Waals surface area (Å²) in [5.41, 5.74) is 11.2. The number of carboxylic acids is 1. The molecule has 0 fully saturated rings. The normalized spacial score (nSPS) is 17.1. The lowest BCUT2D eigenvalue weighted by molar-refractivity contribution is -0.139. The number of rotatable bonds is 8. The molecule has 4 aromatic rings. The average Bonchev–Trinajstić information content (AvgIpc) is 3.17. The van der Waals surface area contributed by atoms with E-state index in [0.29, 0.717) is 18.7 Å². The van der Waals surface area contributed by atoms with Crippen molar-refractivity contribution in [2.45, 2.75) is 31.7 Å². The molecule has 3 aromatic carbocycles. The SMILES string of the molecule is NC(=O)C1CC(Cc2ccccc2)Cc2c1c1c(OCC(=O)O)cccc1n2Cc1ccccc1. The molecule has 0 saturated carbocycles. The first-order valence-corrected chi connectivity index (χ1v) is 11.9. The number of carbonyl (C=O) groups is 2. The number of nitrogens with two attached hydrogens (primary N) is 1. The van der Waals surface area contributed by atoms with Gasteiger partial charge in [0, 0.05) is 17.6 Å². The highest BCUT2D eigenvalue weighted by molar-refractivity contribution is 5.97. The molecule has 1 aromatic heterocycles. The molecular weight excluding hydrogens is 440 g/mol. The summed E-state index contributed by atoms with van der Waals surface area (Å²) in [5, 5.41) is 9.99. The van der Waals surface area contributed by atoms with Gasteiger partial charge in [-0.2, -0.15) is 0 Å². The Morgan fingerprint density at radius 3 is 2.29 bits per heavy atom. The quantitative estimate of drug-likeness (QED) is 0.397. The lowest BCUT2D eigenvalue weighted by Gasteiger charge is -2.29. The van der Waals surface area contributed by atoms with Crippen LogP contribution in [-0.2, 0) is 29.0 Å². The number of primary amides is 1. The van der Waals surface area contributed by atoms with Crippen LogP contribution in [0.1, 0.15) is 34.7 Å². The van der Waals surface area contributed by atoms with Crippen molar-refractivity contribution >= 4 is 22.8 Å². The molecule has 0 radical (unpaired) electrons. The molecule has 1 amide bonds. The molecule has 2 atom stereocenters. The third-order valence-electron chi connectivity index (χ3n) is 6.85. The van der Waals surface area contributed by atoms with E-state index >= 15 is 0 Å². The fraction of sp³-hybridized carbons (Fsp3) is 0.241. The van der Waals surface area contributed by atoms with Crippen LogP contribution >= 0.6 is 0 Å². The molecule has 1 aliphatic rings. The van der Waals surface area contributed by atoms with Gasteiger partial charge in [0.15, 0.2) is 6.61 Å².